The zero-order valence-electron chi connectivity index (χ0n) is 16.7. The number of rotatable bonds is 6. The van der Waals surface area contributed by atoms with Gasteiger partial charge < -0.3 is 14.4 Å². The van der Waals surface area contributed by atoms with E-state index >= 15 is 0 Å². The van der Waals surface area contributed by atoms with E-state index in [4.69, 9.17) is 9.47 Å². The van der Waals surface area contributed by atoms with Gasteiger partial charge in [0.15, 0.2) is 0 Å². The van der Waals surface area contributed by atoms with Crippen molar-refractivity contribution in [1.29, 1.82) is 0 Å². The maximum atomic E-state index is 5.76. The minimum absolute atomic E-state index is 0.356. The highest BCUT2D eigenvalue weighted by Crippen LogP contribution is 2.38. The fourth-order valence-electron chi connectivity index (χ4n) is 4.80. The highest BCUT2D eigenvalue weighted by molar-refractivity contribution is 5.00. The predicted molar refractivity (Wildman–Crippen MR) is 101 cm³/mol. The molecule has 24 heavy (non-hydrogen) atoms. The van der Waals surface area contributed by atoms with Crippen molar-refractivity contribution in [1.82, 2.24) is 9.80 Å². The van der Waals surface area contributed by atoms with Gasteiger partial charge in [-0.1, -0.05) is 0 Å². The van der Waals surface area contributed by atoms with Crippen molar-refractivity contribution in [3.05, 3.63) is 0 Å². The van der Waals surface area contributed by atoms with Gasteiger partial charge in [-0.05, 0) is 92.9 Å². The number of likely N-dealkylation sites (N-methyl/N-ethyl adjacent to an activating group) is 1. The van der Waals surface area contributed by atoms with Gasteiger partial charge in [0.2, 0.25) is 0 Å². The molecule has 2 unspecified atom stereocenters. The summed E-state index contributed by atoms with van der Waals surface area (Å²) in [5, 5.41) is 0. The number of ether oxygens (including phenoxy) is 2. The van der Waals surface area contributed by atoms with E-state index in [1.807, 2.05) is 0 Å². The molecule has 0 amide bonds. The third kappa shape index (κ3) is 5.17. The van der Waals surface area contributed by atoms with Gasteiger partial charge in [0.25, 0.3) is 0 Å². The molecular weight excluding hydrogens is 300 g/mol. The van der Waals surface area contributed by atoms with Crippen LogP contribution in [-0.2, 0) is 9.47 Å². The average Bonchev–Trinajstić information content (AvgIpc) is 3.19. The summed E-state index contributed by atoms with van der Waals surface area (Å²) in [6.45, 7) is 14.2. The summed E-state index contributed by atoms with van der Waals surface area (Å²) in [5.41, 5.74) is 0.468. The molecule has 0 aromatic rings. The Hall–Kier alpha value is -0.160. The molecule has 3 aliphatic rings. The minimum Gasteiger partial charge on any atom is -0.380 e. The van der Waals surface area contributed by atoms with Crippen molar-refractivity contribution in [2.45, 2.75) is 90.0 Å². The molecule has 0 aromatic heterocycles. The second kappa shape index (κ2) is 9.51. The van der Waals surface area contributed by atoms with Crippen LogP contribution in [0.4, 0.5) is 0 Å². The first-order valence-electron chi connectivity index (χ1n) is 10.2. The van der Waals surface area contributed by atoms with Gasteiger partial charge >= 0.3 is 0 Å². The summed E-state index contributed by atoms with van der Waals surface area (Å²) in [4.78, 5) is 5.05. The number of fused-ring (bicyclic) bond motifs is 1. The van der Waals surface area contributed by atoms with Crippen molar-refractivity contribution >= 4 is 0 Å². The predicted octanol–water partition coefficient (Wildman–Crippen LogP) is 3.55. The van der Waals surface area contributed by atoms with Crippen LogP contribution in [0.1, 0.15) is 66.2 Å². The molecule has 3 rings (SSSR count). The largest absolute Gasteiger partial charge is 0.380 e. The molecular formula is C20H40N2O2. The molecule has 3 aliphatic heterocycles. The standard InChI is InChI=1S/C10H19NO.C10H21NO/c1-2-12-9-10-5-3-7-11(10)8-4-6-10;1-8(2)12-9(3)10-6-5-7-11(10)4/h2-9H2,1H3;8-10H,5-7H2,1-4H3. The molecule has 3 saturated heterocycles. The average molecular weight is 341 g/mol. The van der Waals surface area contributed by atoms with Gasteiger partial charge in [0, 0.05) is 18.2 Å². The van der Waals surface area contributed by atoms with E-state index in [9.17, 15) is 0 Å². The van der Waals surface area contributed by atoms with Gasteiger partial charge in [-0.2, -0.15) is 0 Å². The van der Waals surface area contributed by atoms with Crippen molar-refractivity contribution in [2.24, 2.45) is 0 Å². The second-order valence-electron chi connectivity index (χ2n) is 8.14. The first-order chi connectivity index (χ1) is 11.5. The van der Waals surface area contributed by atoms with E-state index in [-0.39, 0.29) is 0 Å². The summed E-state index contributed by atoms with van der Waals surface area (Å²) >= 11 is 0. The monoisotopic (exact) mass is 340 g/mol. The van der Waals surface area contributed by atoms with Crippen molar-refractivity contribution < 1.29 is 9.47 Å². The number of likely N-dealkylation sites (tertiary alicyclic amines) is 1. The molecule has 4 nitrogen and oxygen atoms in total. The van der Waals surface area contributed by atoms with Gasteiger partial charge in [0.1, 0.15) is 0 Å². The molecule has 142 valence electrons. The first-order valence-corrected chi connectivity index (χ1v) is 10.2. The third-order valence-corrected chi connectivity index (χ3v) is 5.99. The van der Waals surface area contributed by atoms with Gasteiger partial charge in [-0.15, -0.1) is 0 Å². The fraction of sp³-hybridized carbons (Fsp3) is 1.00. The zero-order chi connectivity index (χ0) is 17.6. The molecule has 3 heterocycles. The second-order valence-corrected chi connectivity index (χ2v) is 8.14. The molecule has 2 atom stereocenters. The molecule has 0 saturated carbocycles. The summed E-state index contributed by atoms with van der Waals surface area (Å²) in [5.74, 6) is 0. The highest BCUT2D eigenvalue weighted by atomic mass is 16.5. The van der Waals surface area contributed by atoms with Crippen LogP contribution < -0.4 is 0 Å². The molecule has 4 heteroatoms. The Labute approximate surface area is 149 Å². The zero-order valence-corrected chi connectivity index (χ0v) is 16.7. The van der Waals surface area contributed by atoms with E-state index in [1.54, 1.807) is 0 Å². The molecule has 0 radical (unpaired) electrons. The molecule has 0 N–H and O–H groups in total. The van der Waals surface area contributed by atoms with Crippen LogP contribution in [0.3, 0.4) is 0 Å². The summed E-state index contributed by atoms with van der Waals surface area (Å²) in [7, 11) is 2.19. The summed E-state index contributed by atoms with van der Waals surface area (Å²) in [6, 6.07) is 0.646. The SMILES string of the molecule is CC(C)OC(C)C1CCCN1C.CCOCC12CCCN1CCC2. The van der Waals surface area contributed by atoms with Gasteiger partial charge in [-0.3, -0.25) is 4.90 Å². The van der Waals surface area contributed by atoms with Crippen molar-refractivity contribution in [3.8, 4) is 0 Å². The molecule has 3 fully saturated rings. The van der Waals surface area contributed by atoms with Gasteiger partial charge in [-0.25, -0.2) is 0 Å². The van der Waals surface area contributed by atoms with E-state index in [0.717, 1.165) is 13.2 Å². The smallest absolute Gasteiger partial charge is 0.0705 e. The molecule has 0 spiro atoms. The van der Waals surface area contributed by atoms with E-state index in [0.29, 0.717) is 23.8 Å². The Bertz CT molecular complexity index is 352. The Morgan fingerprint density at radius 3 is 2.21 bits per heavy atom. The maximum Gasteiger partial charge on any atom is 0.0705 e. The number of nitrogens with zero attached hydrogens (tertiary/aromatic N) is 2. The van der Waals surface area contributed by atoms with Crippen LogP contribution in [0.5, 0.6) is 0 Å². The Morgan fingerprint density at radius 2 is 1.71 bits per heavy atom. The molecule has 0 bridgehead atoms. The van der Waals surface area contributed by atoms with Crippen molar-refractivity contribution in [2.75, 3.05) is 39.9 Å². The van der Waals surface area contributed by atoms with E-state index in [1.165, 1.54) is 58.2 Å². The molecule has 0 aromatic carbocycles. The van der Waals surface area contributed by atoms with Gasteiger partial charge in [0.05, 0.1) is 18.8 Å². The fourth-order valence-corrected chi connectivity index (χ4v) is 4.80. The maximum absolute atomic E-state index is 5.76. The van der Waals surface area contributed by atoms with Crippen LogP contribution in [0.2, 0.25) is 0 Å². The Kier molecular flexibility index (Phi) is 7.99. The summed E-state index contributed by atoms with van der Waals surface area (Å²) < 4.78 is 11.3. The first kappa shape index (κ1) is 20.2. The Balaban J connectivity index is 0.000000174. The lowest BCUT2D eigenvalue weighted by atomic mass is 9.95. The topological polar surface area (TPSA) is 24.9 Å². The lowest BCUT2D eigenvalue weighted by Crippen LogP contribution is -2.42. The van der Waals surface area contributed by atoms with Crippen LogP contribution in [0.25, 0.3) is 0 Å². The minimum atomic E-state index is 0.356. The summed E-state index contributed by atoms with van der Waals surface area (Å²) in [6.07, 6.45) is 8.86. The van der Waals surface area contributed by atoms with Crippen LogP contribution in [0, 0.1) is 0 Å². The van der Waals surface area contributed by atoms with Crippen molar-refractivity contribution in [3.63, 3.8) is 0 Å². The third-order valence-electron chi connectivity index (χ3n) is 5.99. The normalized spacial score (nSPS) is 28.0. The number of hydrogen-bond acceptors (Lipinski definition) is 4. The Morgan fingerprint density at radius 1 is 1.04 bits per heavy atom. The molecule has 0 aliphatic carbocycles. The van der Waals surface area contributed by atoms with Crippen LogP contribution >= 0.6 is 0 Å². The van der Waals surface area contributed by atoms with E-state index < -0.39 is 0 Å². The quantitative estimate of drug-likeness (QED) is 0.738. The highest BCUT2D eigenvalue weighted by Gasteiger charge is 2.44. The lowest BCUT2D eigenvalue weighted by molar-refractivity contribution is -0.0201. The van der Waals surface area contributed by atoms with Crippen LogP contribution in [-0.4, -0.2) is 73.5 Å². The number of hydrogen-bond donors (Lipinski definition) is 0. The van der Waals surface area contributed by atoms with E-state index in [2.05, 4.69) is 44.5 Å². The lowest BCUT2D eigenvalue weighted by Gasteiger charge is -2.31. The van der Waals surface area contributed by atoms with Crippen LogP contribution in [0.15, 0.2) is 0 Å².